The monoisotopic (exact) mass is 286 g/mol. The normalized spacial score (nSPS) is 19.6. The summed E-state index contributed by atoms with van der Waals surface area (Å²) in [5.74, 6) is 0. The minimum absolute atomic E-state index is 0.468. The van der Waals surface area contributed by atoms with E-state index in [1.165, 1.54) is 57.2 Å². The van der Waals surface area contributed by atoms with E-state index < -0.39 is 0 Å². The Morgan fingerprint density at radius 1 is 1.19 bits per heavy atom. The molecule has 0 amide bonds. The van der Waals surface area contributed by atoms with E-state index in [1.54, 1.807) is 11.1 Å². The first-order chi connectivity index (χ1) is 10.3. The largest absolute Gasteiger partial charge is 0.309 e. The number of nitrogens with zero attached hydrogens (tertiary/aromatic N) is 1. The molecule has 2 heteroatoms. The molecule has 3 rings (SSSR count). The summed E-state index contributed by atoms with van der Waals surface area (Å²) in [6.07, 6.45) is 8.12. The number of nitrogens with one attached hydrogen (secondary N) is 1. The van der Waals surface area contributed by atoms with Crippen molar-refractivity contribution in [2.45, 2.75) is 64.5 Å². The van der Waals surface area contributed by atoms with E-state index in [1.807, 2.05) is 0 Å². The molecule has 116 valence electrons. The maximum Gasteiger partial charge on any atom is 0.0292 e. The average Bonchev–Trinajstić information content (AvgIpc) is 3.35. The summed E-state index contributed by atoms with van der Waals surface area (Å²) in [6, 6.07) is 8.50. The van der Waals surface area contributed by atoms with Gasteiger partial charge in [0.25, 0.3) is 0 Å². The van der Waals surface area contributed by atoms with Gasteiger partial charge in [-0.15, -0.1) is 0 Å². The summed E-state index contributed by atoms with van der Waals surface area (Å²) in [6.45, 7) is 8.07. The fourth-order valence-electron chi connectivity index (χ4n) is 3.60. The average molecular weight is 286 g/mol. The van der Waals surface area contributed by atoms with Gasteiger partial charge in [-0.25, -0.2) is 0 Å². The lowest BCUT2D eigenvalue weighted by Gasteiger charge is -2.23. The van der Waals surface area contributed by atoms with E-state index in [9.17, 15) is 0 Å². The van der Waals surface area contributed by atoms with Crippen LogP contribution in [0.15, 0.2) is 18.2 Å². The molecule has 1 unspecified atom stereocenters. The summed E-state index contributed by atoms with van der Waals surface area (Å²) in [4.78, 5) is 2.62. The zero-order valence-electron chi connectivity index (χ0n) is 13.7. The van der Waals surface area contributed by atoms with Gasteiger partial charge < -0.3 is 5.32 Å². The number of fused-ring (bicyclic) bond motifs is 1. The highest BCUT2D eigenvalue weighted by molar-refractivity contribution is 5.35. The summed E-state index contributed by atoms with van der Waals surface area (Å²) in [5.41, 5.74) is 4.65. The lowest BCUT2D eigenvalue weighted by molar-refractivity contribution is 0.273. The van der Waals surface area contributed by atoms with Crippen LogP contribution >= 0.6 is 0 Å². The zero-order valence-corrected chi connectivity index (χ0v) is 13.7. The van der Waals surface area contributed by atoms with Gasteiger partial charge >= 0.3 is 0 Å². The van der Waals surface area contributed by atoms with Crippen LogP contribution in [0.2, 0.25) is 0 Å². The van der Waals surface area contributed by atoms with Crippen LogP contribution in [-0.2, 0) is 12.8 Å². The summed E-state index contributed by atoms with van der Waals surface area (Å²) >= 11 is 0. The van der Waals surface area contributed by atoms with Crippen LogP contribution in [0, 0.1) is 0 Å². The predicted molar refractivity (Wildman–Crippen MR) is 89.8 cm³/mol. The third kappa shape index (κ3) is 3.87. The van der Waals surface area contributed by atoms with E-state index in [-0.39, 0.29) is 0 Å². The number of aryl methyl sites for hydroxylation is 2. The molecule has 0 heterocycles. The maximum atomic E-state index is 3.71. The smallest absolute Gasteiger partial charge is 0.0292 e. The van der Waals surface area contributed by atoms with Crippen LogP contribution in [0.1, 0.15) is 62.3 Å². The van der Waals surface area contributed by atoms with Gasteiger partial charge in [0, 0.05) is 25.2 Å². The fraction of sp³-hybridized carbons (Fsp3) is 0.684. The molecule has 1 N–H and O–H groups in total. The van der Waals surface area contributed by atoms with Gasteiger partial charge in [0.2, 0.25) is 0 Å². The van der Waals surface area contributed by atoms with Crippen molar-refractivity contribution >= 4 is 0 Å². The van der Waals surface area contributed by atoms with E-state index in [0.717, 1.165) is 12.6 Å². The van der Waals surface area contributed by atoms with Crippen LogP contribution in [0.4, 0.5) is 0 Å². The minimum atomic E-state index is 0.468. The second kappa shape index (κ2) is 6.93. The quantitative estimate of drug-likeness (QED) is 0.822. The van der Waals surface area contributed by atoms with E-state index in [0.29, 0.717) is 6.04 Å². The van der Waals surface area contributed by atoms with Crippen molar-refractivity contribution in [2.24, 2.45) is 0 Å². The molecule has 1 fully saturated rings. The molecular weight excluding hydrogens is 256 g/mol. The van der Waals surface area contributed by atoms with Gasteiger partial charge in [-0.3, -0.25) is 4.90 Å². The van der Waals surface area contributed by atoms with Crippen LogP contribution < -0.4 is 5.32 Å². The highest BCUT2D eigenvalue weighted by Crippen LogP contribution is 2.26. The Balaban J connectivity index is 1.51. The van der Waals surface area contributed by atoms with Crippen molar-refractivity contribution < 1.29 is 0 Å². The highest BCUT2D eigenvalue weighted by Gasteiger charge is 2.27. The Morgan fingerprint density at radius 2 is 1.95 bits per heavy atom. The number of hydrogen-bond donors (Lipinski definition) is 1. The summed E-state index contributed by atoms with van der Waals surface area (Å²) < 4.78 is 0. The van der Waals surface area contributed by atoms with Crippen molar-refractivity contribution in [3.05, 3.63) is 34.9 Å². The molecule has 0 aromatic heterocycles. The Kier molecular flexibility index (Phi) is 4.97. The maximum absolute atomic E-state index is 3.71. The van der Waals surface area contributed by atoms with Crippen LogP contribution in [0.3, 0.4) is 0 Å². The Morgan fingerprint density at radius 3 is 2.67 bits per heavy atom. The molecule has 1 aromatic carbocycles. The molecule has 0 bridgehead atoms. The lowest BCUT2D eigenvalue weighted by atomic mass is 9.89. The Bertz CT molecular complexity index is 465. The molecule has 0 radical (unpaired) electrons. The fourth-order valence-corrected chi connectivity index (χ4v) is 3.60. The predicted octanol–water partition coefficient (Wildman–Crippen LogP) is 3.70. The first kappa shape index (κ1) is 15.1. The van der Waals surface area contributed by atoms with Crippen molar-refractivity contribution in [3.63, 3.8) is 0 Å². The second-order valence-electron chi connectivity index (χ2n) is 6.77. The van der Waals surface area contributed by atoms with E-state index in [4.69, 9.17) is 0 Å². The summed E-state index contributed by atoms with van der Waals surface area (Å²) in [7, 11) is 0. The Hall–Kier alpha value is -0.860. The van der Waals surface area contributed by atoms with E-state index in [2.05, 4.69) is 42.3 Å². The van der Waals surface area contributed by atoms with Gasteiger partial charge in [-0.05, 0) is 68.7 Å². The molecule has 0 spiro atoms. The molecule has 0 aliphatic heterocycles. The molecule has 1 saturated carbocycles. The minimum Gasteiger partial charge on any atom is -0.309 e. The first-order valence-corrected chi connectivity index (χ1v) is 8.87. The van der Waals surface area contributed by atoms with Crippen LogP contribution in [0.25, 0.3) is 0 Å². The molecular formula is C19H30N2. The van der Waals surface area contributed by atoms with Crippen LogP contribution in [-0.4, -0.2) is 30.6 Å². The van der Waals surface area contributed by atoms with Crippen molar-refractivity contribution in [3.8, 4) is 0 Å². The summed E-state index contributed by atoms with van der Waals surface area (Å²) in [5, 5.41) is 3.71. The Labute approximate surface area is 129 Å². The number of hydrogen-bond acceptors (Lipinski definition) is 2. The number of rotatable bonds is 7. The van der Waals surface area contributed by atoms with Gasteiger partial charge in [0.15, 0.2) is 0 Å². The van der Waals surface area contributed by atoms with Gasteiger partial charge in [0.1, 0.15) is 0 Å². The highest BCUT2D eigenvalue weighted by atomic mass is 15.2. The molecule has 0 saturated heterocycles. The first-order valence-electron chi connectivity index (χ1n) is 8.87. The van der Waals surface area contributed by atoms with Crippen molar-refractivity contribution in [1.82, 2.24) is 10.2 Å². The molecule has 1 atom stereocenters. The standard InChI is InChI=1S/C19H30N2/c1-3-21(19-10-11-19)13-12-20-15(2)17-9-8-16-6-4-5-7-18(16)14-17/h8-9,14-15,19-20H,3-7,10-13H2,1-2H3. The number of benzene rings is 1. The SMILES string of the molecule is CCN(CCNC(C)c1ccc2c(c1)CCCC2)C1CC1. The molecule has 21 heavy (non-hydrogen) atoms. The molecule has 1 aromatic rings. The second-order valence-corrected chi connectivity index (χ2v) is 6.77. The zero-order chi connectivity index (χ0) is 14.7. The van der Waals surface area contributed by atoms with E-state index >= 15 is 0 Å². The molecule has 2 aliphatic carbocycles. The third-order valence-corrected chi connectivity index (χ3v) is 5.19. The molecule has 2 nitrogen and oxygen atoms in total. The van der Waals surface area contributed by atoms with Crippen molar-refractivity contribution in [1.29, 1.82) is 0 Å². The number of likely N-dealkylation sites (N-methyl/N-ethyl adjacent to an activating group) is 1. The molecule has 2 aliphatic rings. The van der Waals surface area contributed by atoms with Gasteiger partial charge in [-0.2, -0.15) is 0 Å². The van der Waals surface area contributed by atoms with Crippen LogP contribution in [0.5, 0.6) is 0 Å². The van der Waals surface area contributed by atoms with Gasteiger partial charge in [-0.1, -0.05) is 25.1 Å². The van der Waals surface area contributed by atoms with Gasteiger partial charge in [0.05, 0.1) is 0 Å². The topological polar surface area (TPSA) is 15.3 Å². The third-order valence-electron chi connectivity index (χ3n) is 5.19. The van der Waals surface area contributed by atoms with Crippen molar-refractivity contribution in [2.75, 3.05) is 19.6 Å². The lowest BCUT2D eigenvalue weighted by Crippen LogP contribution is -2.34.